The number of carbonyl (C=O) groups excluding carboxylic acids is 2. The first-order chi connectivity index (χ1) is 11.2. The molecule has 1 amide bonds. The molecule has 2 aromatic rings. The van der Waals surface area contributed by atoms with E-state index in [9.17, 15) is 9.59 Å². The first-order valence-corrected chi connectivity index (χ1v) is 8.20. The number of benzene rings is 1. The quantitative estimate of drug-likeness (QED) is 0.701. The van der Waals surface area contributed by atoms with Crippen LogP contribution in [0.15, 0.2) is 48.7 Å². The van der Waals surface area contributed by atoms with Crippen LogP contribution in [0.1, 0.15) is 42.7 Å². The van der Waals surface area contributed by atoms with E-state index in [4.69, 9.17) is 0 Å². The fourth-order valence-corrected chi connectivity index (χ4v) is 2.64. The Bertz CT molecular complexity index is 640. The molecule has 0 unspecified atom stereocenters. The second-order valence-corrected chi connectivity index (χ2v) is 5.60. The summed E-state index contributed by atoms with van der Waals surface area (Å²) in [7, 11) is 0. The van der Waals surface area contributed by atoms with E-state index in [0.717, 1.165) is 25.9 Å². The third kappa shape index (κ3) is 4.31. The van der Waals surface area contributed by atoms with Gasteiger partial charge in [-0.05, 0) is 25.0 Å². The molecule has 2 rings (SSSR count). The molecule has 1 aromatic heterocycles. The van der Waals surface area contributed by atoms with Crippen molar-refractivity contribution in [3.63, 3.8) is 0 Å². The molecule has 0 saturated carbocycles. The van der Waals surface area contributed by atoms with Gasteiger partial charge in [-0.2, -0.15) is 0 Å². The summed E-state index contributed by atoms with van der Waals surface area (Å²) in [5.41, 5.74) is 1.19. The molecule has 0 aliphatic carbocycles. The van der Waals surface area contributed by atoms with Crippen LogP contribution in [0.25, 0.3) is 0 Å². The SMILES string of the molecule is CCCN(CCC)C(=O)Cn1cccc1C(=O)c1ccccc1. The van der Waals surface area contributed by atoms with Crippen molar-refractivity contribution in [1.29, 1.82) is 0 Å². The van der Waals surface area contributed by atoms with Gasteiger partial charge in [0, 0.05) is 24.8 Å². The zero-order chi connectivity index (χ0) is 16.7. The molecule has 0 saturated heterocycles. The molecule has 0 bridgehead atoms. The largest absolute Gasteiger partial charge is 0.341 e. The molecule has 1 aromatic carbocycles. The van der Waals surface area contributed by atoms with Crippen LogP contribution in [-0.4, -0.2) is 34.2 Å². The molecule has 0 aliphatic heterocycles. The minimum atomic E-state index is -0.0547. The Hall–Kier alpha value is -2.36. The van der Waals surface area contributed by atoms with Gasteiger partial charge in [0.05, 0.1) is 5.69 Å². The van der Waals surface area contributed by atoms with Crippen molar-refractivity contribution in [1.82, 2.24) is 9.47 Å². The topological polar surface area (TPSA) is 42.3 Å². The maximum Gasteiger partial charge on any atom is 0.242 e. The summed E-state index contributed by atoms with van der Waals surface area (Å²) >= 11 is 0. The van der Waals surface area contributed by atoms with Gasteiger partial charge < -0.3 is 9.47 Å². The molecule has 0 atom stereocenters. The number of ketones is 1. The highest BCUT2D eigenvalue weighted by Crippen LogP contribution is 2.11. The van der Waals surface area contributed by atoms with Gasteiger partial charge in [-0.25, -0.2) is 0 Å². The van der Waals surface area contributed by atoms with Crippen LogP contribution >= 0.6 is 0 Å². The van der Waals surface area contributed by atoms with Crippen LogP contribution in [0.2, 0.25) is 0 Å². The summed E-state index contributed by atoms with van der Waals surface area (Å²) in [6, 6.07) is 12.7. The fraction of sp³-hybridized carbons (Fsp3) is 0.368. The van der Waals surface area contributed by atoms with E-state index >= 15 is 0 Å². The lowest BCUT2D eigenvalue weighted by Gasteiger charge is -2.22. The average Bonchev–Trinajstić information content (AvgIpc) is 3.02. The van der Waals surface area contributed by atoms with E-state index in [2.05, 4.69) is 13.8 Å². The van der Waals surface area contributed by atoms with Crippen molar-refractivity contribution in [2.75, 3.05) is 13.1 Å². The lowest BCUT2D eigenvalue weighted by molar-refractivity contribution is -0.131. The lowest BCUT2D eigenvalue weighted by atomic mass is 10.1. The Balaban J connectivity index is 2.15. The maximum atomic E-state index is 12.6. The molecule has 0 spiro atoms. The number of rotatable bonds is 8. The van der Waals surface area contributed by atoms with Crippen LogP contribution < -0.4 is 0 Å². The minimum absolute atomic E-state index is 0.0547. The maximum absolute atomic E-state index is 12.6. The predicted octanol–water partition coefficient (Wildman–Crippen LogP) is 3.37. The van der Waals surface area contributed by atoms with Crippen LogP contribution in [0.3, 0.4) is 0 Å². The highest BCUT2D eigenvalue weighted by atomic mass is 16.2. The Morgan fingerprint density at radius 2 is 1.61 bits per heavy atom. The van der Waals surface area contributed by atoms with Gasteiger partial charge in [-0.15, -0.1) is 0 Å². The summed E-state index contributed by atoms with van der Waals surface area (Å²) in [4.78, 5) is 27.0. The number of carbonyl (C=O) groups is 2. The summed E-state index contributed by atoms with van der Waals surface area (Å²) in [5, 5.41) is 0. The Labute approximate surface area is 137 Å². The number of hydrogen-bond acceptors (Lipinski definition) is 2. The van der Waals surface area contributed by atoms with Crippen molar-refractivity contribution in [2.24, 2.45) is 0 Å². The van der Waals surface area contributed by atoms with Gasteiger partial charge in [-0.3, -0.25) is 9.59 Å². The molecule has 0 aliphatic rings. The number of hydrogen-bond donors (Lipinski definition) is 0. The molecule has 4 heteroatoms. The number of aromatic nitrogens is 1. The number of nitrogens with zero attached hydrogens (tertiary/aromatic N) is 2. The molecule has 122 valence electrons. The van der Waals surface area contributed by atoms with Crippen molar-refractivity contribution in [3.05, 3.63) is 59.9 Å². The molecular formula is C19H24N2O2. The number of amides is 1. The molecule has 1 heterocycles. The fourth-order valence-electron chi connectivity index (χ4n) is 2.64. The van der Waals surface area contributed by atoms with E-state index in [1.54, 1.807) is 29.0 Å². The molecule has 0 fully saturated rings. The van der Waals surface area contributed by atoms with E-state index in [1.165, 1.54) is 0 Å². The van der Waals surface area contributed by atoms with Crippen molar-refractivity contribution in [2.45, 2.75) is 33.2 Å². The van der Waals surface area contributed by atoms with Crippen LogP contribution in [0.4, 0.5) is 0 Å². The zero-order valence-corrected chi connectivity index (χ0v) is 13.9. The summed E-state index contributed by atoms with van der Waals surface area (Å²) < 4.78 is 1.75. The second-order valence-electron chi connectivity index (χ2n) is 5.60. The smallest absolute Gasteiger partial charge is 0.242 e. The second kappa shape index (κ2) is 8.32. The zero-order valence-electron chi connectivity index (χ0n) is 13.9. The summed E-state index contributed by atoms with van der Waals surface area (Å²) in [6.07, 6.45) is 3.67. The predicted molar refractivity (Wildman–Crippen MR) is 91.5 cm³/mol. The normalized spacial score (nSPS) is 10.5. The van der Waals surface area contributed by atoms with Gasteiger partial charge in [-0.1, -0.05) is 44.2 Å². The minimum Gasteiger partial charge on any atom is -0.341 e. The average molecular weight is 312 g/mol. The monoisotopic (exact) mass is 312 g/mol. The third-order valence-electron chi connectivity index (χ3n) is 3.74. The van der Waals surface area contributed by atoms with Gasteiger partial charge >= 0.3 is 0 Å². The highest BCUT2D eigenvalue weighted by molar-refractivity contribution is 6.08. The molecule has 4 nitrogen and oxygen atoms in total. The van der Waals surface area contributed by atoms with Crippen molar-refractivity contribution >= 4 is 11.7 Å². The molecule has 0 radical (unpaired) electrons. The lowest BCUT2D eigenvalue weighted by Crippen LogP contribution is -2.35. The highest BCUT2D eigenvalue weighted by Gasteiger charge is 2.17. The van der Waals surface area contributed by atoms with Crippen LogP contribution in [0.5, 0.6) is 0 Å². The first-order valence-electron chi connectivity index (χ1n) is 8.20. The van der Waals surface area contributed by atoms with Gasteiger partial charge in [0.2, 0.25) is 11.7 Å². The van der Waals surface area contributed by atoms with E-state index in [-0.39, 0.29) is 18.2 Å². The Morgan fingerprint density at radius 3 is 2.22 bits per heavy atom. The van der Waals surface area contributed by atoms with E-state index in [1.807, 2.05) is 29.2 Å². The molecular weight excluding hydrogens is 288 g/mol. The summed E-state index contributed by atoms with van der Waals surface area (Å²) in [6.45, 7) is 5.86. The third-order valence-corrected chi connectivity index (χ3v) is 3.74. The van der Waals surface area contributed by atoms with Crippen molar-refractivity contribution < 1.29 is 9.59 Å². The molecule has 0 N–H and O–H groups in total. The van der Waals surface area contributed by atoms with Crippen LogP contribution in [-0.2, 0) is 11.3 Å². The first kappa shape index (κ1) is 17.0. The molecule has 23 heavy (non-hydrogen) atoms. The van der Waals surface area contributed by atoms with E-state index < -0.39 is 0 Å². The van der Waals surface area contributed by atoms with E-state index in [0.29, 0.717) is 11.3 Å². The Kier molecular flexibility index (Phi) is 6.15. The van der Waals surface area contributed by atoms with Gasteiger partial charge in [0.1, 0.15) is 6.54 Å². The van der Waals surface area contributed by atoms with Gasteiger partial charge in [0.25, 0.3) is 0 Å². The van der Waals surface area contributed by atoms with Gasteiger partial charge in [0.15, 0.2) is 0 Å². The van der Waals surface area contributed by atoms with Crippen molar-refractivity contribution in [3.8, 4) is 0 Å². The van der Waals surface area contributed by atoms with Crippen LogP contribution in [0, 0.1) is 0 Å². The Morgan fingerprint density at radius 1 is 0.957 bits per heavy atom. The standard InChI is InChI=1S/C19H24N2O2/c1-3-12-20(13-4-2)18(22)15-21-14-8-11-17(21)19(23)16-9-6-5-7-10-16/h5-11,14H,3-4,12-13,15H2,1-2H3. The summed E-state index contributed by atoms with van der Waals surface area (Å²) in [5.74, 6) is 0.00736.